The van der Waals surface area contributed by atoms with Gasteiger partial charge >= 0.3 is 0 Å². The number of benzene rings is 3. The molecule has 0 atom stereocenters. The van der Waals surface area contributed by atoms with Gasteiger partial charge in [0, 0.05) is 71.0 Å². The molecule has 2 fully saturated rings. The van der Waals surface area contributed by atoms with Crippen molar-refractivity contribution < 1.29 is 14.7 Å². The van der Waals surface area contributed by atoms with Crippen LogP contribution >= 0.6 is 0 Å². The Kier molecular flexibility index (Phi) is 10.3. The minimum absolute atomic E-state index is 0.0475. The summed E-state index contributed by atoms with van der Waals surface area (Å²) in [5, 5.41) is 12.0. The first-order valence-corrected chi connectivity index (χ1v) is 16.8. The molecule has 9 nitrogen and oxygen atoms in total. The molecule has 2 saturated heterocycles. The summed E-state index contributed by atoms with van der Waals surface area (Å²) in [6.07, 6.45) is 3.42. The second-order valence-electron chi connectivity index (χ2n) is 13.3. The van der Waals surface area contributed by atoms with Crippen molar-refractivity contribution in [1.29, 1.82) is 0 Å². The number of aromatic nitrogens is 2. The van der Waals surface area contributed by atoms with Gasteiger partial charge in [0.2, 0.25) is 5.91 Å². The fourth-order valence-electron chi connectivity index (χ4n) is 6.85. The predicted molar refractivity (Wildman–Crippen MR) is 183 cm³/mol. The molecular weight excluding hydrogens is 590 g/mol. The van der Waals surface area contributed by atoms with E-state index in [1.165, 1.54) is 10.9 Å². The van der Waals surface area contributed by atoms with Gasteiger partial charge in [-0.2, -0.15) is 0 Å². The molecule has 3 heterocycles. The number of carbonyl (C=O) groups is 2. The highest BCUT2D eigenvalue weighted by molar-refractivity contribution is 5.84. The molecule has 0 aliphatic carbocycles. The lowest BCUT2D eigenvalue weighted by molar-refractivity contribution is -0.136. The Morgan fingerprint density at radius 2 is 1.51 bits per heavy atom. The summed E-state index contributed by atoms with van der Waals surface area (Å²) in [5.41, 5.74) is 2.26. The summed E-state index contributed by atoms with van der Waals surface area (Å²) in [4.78, 5) is 50.6. The number of likely N-dealkylation sites (tertiary alicyclic amines) is 1. The molecule has 6 rings (SSSR count). The summed E-state index contributed by atoms with van der Waals surface area (Å²) in [7, 11) is 2.12. The Labute approximate surface area is 276 Å². The van der Waals surface area contributed by atoms with E-state index in [1.807, 2.05) is 53.4 Å². The minimum atomic E-state index is -1.12. The van der Waals surface area contributed by atoms with Gasteiger partial charge in [0.05, 0.1) is 29.4 Å². The molecule has 246 valence electrons. The van der Waals surface area contributed by atoms with Crippen LogP contribution in [0.15, 0.2) is 90.0 Å². The molecule has 0 spiro atoms. The molecule has 47 heavy (non-hydrogen) atoms. The van der Waals surface area contributed by atoms with Gasteiger partial charge in [-0.3, -0.25) is 19.0 Å². The largest absolute Gasteiger partial charge is 0.388 e. The Balaban J connectivity index is 1.04. The average molecular weight is 636 g/mol. The van der Waals surface area contributed by atoms with E-state index in [0.717, 1.165) is 49.4 Å². The van der Waals surface area contributed by atoms with Crippen LogP contribution in [0.1, 0.15) is 48.3 Å². The molecule has 2 aliphatic rings. The van der Waals surface area contributed by atoms with E-state index in [4.69, 9.17) is 0 Å². The van der Waals surface area contributed by atoms with Gasteiger partial charge in [-0.1, -0.05) is 66.7 Å². The zero-order valence-corrected chi connectivity index (χ0v) is 27.3. The van der Waals surface area contributed by atoms with Gasteiger partial charge in [-0.05, 0) is 48.7 Å². The Hall–Kier alpha value is -4.18. The first kappa shape index (κ1) is 32.7. The van der Waals surface area contributed by atoms with Gasteiger partial charge in [0.1, 0.15) is 5.78 Å². The smallest absolute Gasteiger partial charge is 0.261 e. The number of piperidine rings is 1. The number of ketones is 1. The van der Waals surface area contributed by atoms with Crippen LogP contribution in [0, 0.1) is 0 Å². The number of aliphatic hydroxyl groups is 1. The van der Waals surface area contributed by atoms with Crippen molar-refractivity contribution in [2.45, 2.75) is 50.2 Å². The maximum atomic E-state index is 13.5. The highest BCUT2D eigenvalue weighted by Gasteiger charge is 2.35. The van der Waals surface area contributed by atoms with Crippen molar-refractivity contribution in [1.82, 2.24) is 24.3 Å². The van der Waals surface area contributed by atoms with Gasteiger partial charge in [-0.15, -0.1) is 0 Å². The topological polar surface area (TPSA) is 99.0 Å². The highest BCUT2D eigenvalue weighted by atomic mass is 16.3. The number of carbonyl (C=O) groups excluding carboxylic acids is 2. The predicted octanol–water partition coefficient (Wildman–Crippen LogP) is 3.72. The van der Waals surface area contributed by atoms with E-state index in [9.17, 15) is 19.5 Å². The molecule has 1 amide bonds. The number of hydrogen-bond acceptors (Lipinski definition) is 7. The normalized spacial score (nSPS) is 17.3. The van der Waals surface area contributed by atoms with Crippen LogP contribution < -0.4 is 5.56 Å². The van der Waals surface area contributed by atoms with Crippen molar-refractivity contribution in [2.24, 2.45) is 0 Å². The molecule has 1 aromatic heterocycles. The van der Waals surface area contributed by atoms with Crippen LogP contribution in [-0.4, -0.2) is 99.5 Å². The van der Waals surface area contributed by atoms with E-state index < -0.39 is 5.60 Å². The van der Waals surface area contributed by atoms with Crippen LogP contribution in [0.4, 0.5) is 0 Å². The van der Waals surface area contributed by atoms with Crippen LogP contribution in [-0.2, 0) is 22.6 Å². The number of likely N-dealkylation sites (N-methyl/N-ethyl adjacent to an activating group) is 1. The van der Waals surface area contributed by atoms with E-state index in [1.54, 1.807) is 6.07 Å². The van der Waals surface area contributed by atoms with E-state index in [-0.39, 0.29) is 29.7 Å². The van der Waals surface area contributed by atoms with Gasteiger partial charge in [0.15, 0.2) is 0 Å². The molecule has 4 aromatic rings. The maximum Gasteiger partial charge on any atom is 0.261 e. The molecule has 0 radical (unpaired) electrons. The number of piperazine rings is 1. The van der Waals surface area contributed by atoms with Crippen LogP contribution in [0.5, 0.6) is 0 Å². The lowest BCUT2D eigenvalue weighted by atomic mass is 9.87. The molecule has 2 aliphatic heterocycles. The molecule has 0 unspecified atom stereocenters. The van der Waals surface area contributed by atoms with E-state index in [0.29, 0.717) is 56.1 Å². The third-order valence-electron chi connectivity index (χ3n) is 9.89. The lowest BCUT2D eigenvalue weighted by Crippen LogP contribution is -2.49. The third-order valence-corrected chi connectivity index (χ3v) is 9.89. The fourth-order valence-corrected chi connectivity index (χ4v) is 6.85. The van der Waals surface area contributed by atoms with E-state index in [2.05, 4.69) is 46.1 Å². The number of fused-ring (bicyclic) bond motifs is 1. The average Bonchev–Trinajstić information content (AvgIpc) is 3.09. The molecule has 9 heteroatoms. The molecule has 3 aromatic carbocycles. The van der Waals surface area contributed by atoms with Crippen molar-refractivity contribution in [3.63, 3.8) is 0 Å². The Bertz CT molecular complexity index is 1690. The van der Waals surface area contributed by atoms with E-state index >= 15 is 0 Å². The van der Waals surface area contributed by atoms with Crippen LogP contribution in [0.25, 0.3) is 10.9 Å². The number of amides is 1. The summed E-state index contributed by atoms with van der Waals surface area (Å²) in [5.74, 6) is 0.191. The first-order chi connectivity index (χ1) is 22.8. The van der Waals surface area contributed by atoms with Crippen molar-refractivity contribution in [2.75, 3.05) is 52.9 Å². The van der Waals surface area contributed by atoms with Crippen LogP contribution in [0.3, 0.4) is 0 Å². The molecule has 1 N–H and O–H groups in total. The number of Topliss-reactive ketones (excluding diaryl/α,β-unsaturated/α-hetero) is 1. The Morgan fingerprint density at radius 3 is 2.15 bits per heavy atom. The second kappa shape index (κ2) is 14.7. The summed E-state index contributed by atoms with van der Waals surface area (Å²) in [6.45, 7) is 5.78. The SMILES string of the molecule is CN1CCN(CCC(=O)Cc2ccc3c(=O)n(CC4(O)CCN(C(=O)CC(c5ccccc5)c5ccccc5)CC4)cnc3c2)CC1. The van der Waals surface area contributed by atoms with Gasteiger partial charge in [0.25, 0.3) is 5.56 Å². The standard InChI is InChI=1S/C38H45N5O4/c1-40-20-22-41(23-21-40)17-14-32(44)24-29-12-13-33-35(25-29)39-28-43(37(33)46)27-38(47)15-18-42(19-16-38)36(45)26-34(30-8-4-2-5-9-30)31-10-6-3-7-11-31/h2-13,25,28,34,47H,14-24,26-27H2,1H3. The number of hydrogen-bond donors (Lipinski definition) is 1. The molecule has 0 bridgehead atoms. The molecular formula is C38H45N5O4. The maximum absolute atomic E-state index is 13.5. The second-order valence-corrected chi connectivity index (χ2v) is 13.3. The summed E-state index contributed by atoms with van der Waals surface area (Å²) in [6, 6.07) is 25.6. The quantitative estimate of drug-likeness (QED) is 0.268. The monoisotopic (exact) mass is 635 g/mol. The fraction of sp³-hybridized carbons (Fsp3) is 0.421. The lowest BCUT2D eigenvalue weighted by Gasteiger charge is -2.39. The number of rotatable bonds is 11. The minimum Gasteiger partial charge on any atom is -0.388 e. The van der Waals surface area contributed by atoms with Crippen molar-refractivity contribution in [3.8, 4) is 0 Å². The first-order valence-electron chi connectivity index (χ1n) is 16.8. The van der Waals surface area contributed by atoms with Gasteiger partial charge < -0.3 is 19.8 Å². The van der Waals surface area contributed by atoms with Crippen molar-refractivity contribution in [3.05, 3.63) is 112 Å². The van der Waals surface area contributed by atoms with Gasteiger partial charge in [-0.25, -0.2) is 4.98 Å². The summed E-state index contributed by atoms with van der Waals surface area (Å²) < 4.78 is 1.47. The molecule has 0 saturated carbocycles. The Morgan fingerprint density at radius 1 is 0.872 bits per heavy atom. The third kappa shape index (κ3) is 8.22. The van der Waals surface area contributed by atoms with Crippen molar-refractivity contribution >= 4 is 22.6 Å². The zero-order chi connectivity index (χ0) is 32.8. The highest BCUT2D eigenvalue weighted by Crippen LogP contribution is 2.30. The number of nitrogens with zero attached hydrogens (tertiary/aromatic N) is 5. The van der Waals surface area contributed by atoms with Crippen LogP contribution in [0.2, 0.25) is 0 Å². The summed E-state index contributed by atoms with van der Waals surface area (Å²) >= 11 is 0. The zero-order valence-electron chi connectivity index (χ0n) is 27.3.